The summed E-state index contributed by atoms with van der Waals surface area (Å²) in [4.78, 5) is 82.3. The fraction of sp³-hybridized carbons (Fsp3) is 0.633. The van der Waals surface area contributed by atoms with Crippen LogP contribution >= 0.6 is 23.5 Å². The summed E-state index contributed by atoms with van der Waals surface area (Å²) in [5.74, 6) is -2.63. The average molecular weight is 747 g/mol. The summed E-state index contributed by atoms with van der Waals surface area (Å²) < 4.78 is 19.9. The molecule has 1 aromatic rings. The second-order valence-corrected chi connectivity index (χ2v) is 13.1. The van der Waals surface area contributed by atoms with Crippen molar-refractivity contribution >= 4 is 57.9 Å². The van der Waals surface area contributed by atoms with Gasteiger partial charge in [-0.1, -0.05) is 29.6 Å². The van der Waals surface area contributed by atoms with Gasteiger partial charge in [-0.15, -0.1) is 0 Å². The second kappa shape index (κ2) is 23.8. The van der Waals surface area contributed by atoms with E-state index in [1.54, 1.807) is 0 Å². The van der Waals surface area contributed by atoms with E-state index in [0.717, 1.165) is 23.5 Å². The highest BCUT2D eigenvalue weighted by Gasteiger charge is 2.30. The third-order valence-electron chi connectivity index (χ3n) is 7.30. The minimum absolute atomic E-state index is 0.250. The number of hydrogen-bond acceptors (Lipinski definition) is 16. The van der Waals surface area contributed by atoms with Gasteiger partial charge in [0.15, 0.2) is 0 Å². The summed E-state index contributed by atoms with van der Waals surface area (Å²) in [5.41, 5.74) is 1.38. The van der Waals surface area contributed by atoms with E-state index >= 15 is 0 Å². The number of aromatic nitrogens is 1. The fourth-order valence-corrected chi connectivity index (χ4v) is 6.19. The van der Waals surface area contributed by atoms with E-state index in [2.05, 4.69) is 15.5 Å². The van der Waals surface area contributed by atoms with E-state index in [4.69, 9.17) is 34.1 Å². The lowest BCUT2D eigenvalue weighted by molar-refractivity contribution is -0.148. The van der Waals surface area contributed by atoms with Crippen molar-refractivity contribution in [1.29, 1.82) is 0 Å². The number of carbonyl (C=O) groups is 6. The number of methoxy groups -OCH3 is 2. The highest BCUT2D eigenvalue weighted by atomic mass is 32.2. The molecule has 1 aromatic heterocycles. The number of carboxylic acid groups (broad SMARTS) is 2. The Morgan fingerprint density at radius 1 is 0.760 bits per heavy atom. The Labute approximate surface area is 298 Å². The summed E-state index contributed by atoms with van der Waals surface area (Å²) >= 11 is 1.90. The molecule has 50 heavy (non-hydrogen) atoms. The zero-order valence-corrected chi connectivity index (χ0v) is 30.0. The van der Waals surface area contributed by atoms with E-state index in [0.29, 0.717) is 63.5 Å². The molecule has 2 rings (SSSR count). The maximum Gasteiger partial charge on any atom is 0.329 e. The van der Waals surface area contributed by atoms with Gasteiger partial charge in [0.05, 0.1) is 25.6 Å². The third-order valence-corrected chi connectivity index (χ3v) is 8.99. The van der Waals surface area contributed by atoms with E-state index in [9.17, 15) is 28.8 Å². The minimum atomic E-state index is -1.15. The van der Waals surface area contributed by atoms with Crippen LogP contribution in [0.25, 0.3) is 0 Å². The Morgan fingerprint density at radius 3 is 1.56 bits per heavy atom. The molecule has 2 heterocycles. The van der Waals surface area contributed by atoms with Gasteiger partial charge in [0.25, 0.3) is 10.5 Å². The molecule has 1 aliphatic heterocycles. The molecule has 0 saturated carbocycles. The first-order valence-corrected chi connectivity index (χ1v) is 17.6. The van der Waals surface area contributed by atoms with Crippen LogP contribution < -0.4 is 10.6 Å². The molecule has 2 atom stereocenters. The number of carboxylic acids is 2. The molecule has 0 spiro atoms. The molecule has 2 bridgehead atoms. The Kier molecular flexibility index (Phi) is 20.3. The molecule has 0 radical (unpaired) electrons. The van der Waals surface area contributed by atoms with E-state index in [1.165, 1.54) is 14.2 Å². The van der Waals surface area contributed by atoms with Crippen LogP contribution in [0, 0.1) is 0 Å². The summed E-state index contributed by atoms with van der Waals surface area (Å²) in [6, 6.07) is 4.19. The molecule has 280 valence electrons. The number of nitrogens with zero attached hydrogens (tertiary/aromatic N) is 4. The molecule has 0 aliphatic carbocycles. The minimum Gasteiger partial charge on any atom is -0.480 e. The lowest BCUT2D eigenvalue weighted by atomic mass is 10.1. The first-order chi connectivity index (χ1) is 23.9. The topological polar surface area (TPSA) is 226 Å². The number of carbonyl (C=O) groups excluding carboxylic acids is 4. The lowest BCUT2D eigenvalue weighted by Crippen LogP contribution is -2.48. The second-order valence-electron chi connectivity index (χ2n) is 10.9. The third kappa shape index (κ3) is 16.9. The van der Waals surface area contributed by atoms with Gasteiger partial charge in [0, 0.05) is 50.8 Å². The molecule has 4 N–H and O–H groups in total. The number of amides is 2. The summed E-state index contributed by atoms with van der Waals surface area (Å²) in [7, 11) is 4.55. The van der Waals surface area contributed by atoms with Crippen LogP contribution in [0.15, 0.2) is 18.2 Å². The van der Waals surface area contributed by atoms with Crippen LogP contribution in [-0.2, 0) is 51.2 Å². The van der Waals surface area contributed by atoms with Gasteiger partial charge in [0.2, 0.25) is 0 Å². The Balaban J connectivity index is 2.13. The quantitative estimate of drug-likeness (QED) is 0.0911. The fourth-order valence-electron chi connectivity index (χ4n) is 4.82. The van der Waals surface area contributed by atoms with Gasteiger partial charge in [-0.05, 0) is 32.0 Å². The van der Waals surface area contributed by atoms with Crippen molar-refractivity contribution in [2.24, 2.45) is 0 Å². The number of nitrogens with one attached hydrogen (secondary N) is 2. The smallest absolute Gasteiger partial charge is 0.329 e. The number of thioether (sulfide) groups is 2. The molecule has 1 aliphatic rings. The van der Waals surface area contributed by atoms with E-state index in [-0.39, 0.29) is 25.0 Å². The van der Waals surface area contributed by atoms with Crippen molar-refractivity contribution < 1.29 is 57.9 Å². The lowest BCUT2D eigenvalue weighted by Gasteiger charge is -2.34. The maximum atomic E-state index is 13.0. The highest BCUT2D eigenvalue weighted by molar-refractivity contribution is 8.13. The number of fused-ring (bicyclic) bond motifs is 2. The predicted octanol–water partition coefficient (Wildman–Crippen LogP) is 0.497. The van der Waals surface area contributed by atoms with Gasteiger partial charge < -0.3 is 44.7 Å². The van der Waals surface area contributed by atoms with Crippen LogP contribution in [0.3, 0.4) is 0 Å². The van der Waals surface area contributed by atoms with Crippen molar-refractivity contribution in [1.82, 2.24) is 30.3 Å². The molecular formula is C30H46N6O12S2. The Hall–Kier alpha value is -3.53. The number of ether oxygens (including phenoxy) is 4. The average Bonchev–Trinajstić information content (AvgIpc) is 3.08. The molecule has 0 aromatic carbocycles. The molecule has 18 nitrogen and oxygen atoms in total. The molecule has 0 fully saturated rings. The molecule has 0 saturated heterocycles. The zero-order chi connectivity index (χ0) is 36.9. The summed E-state index contributed by atoms with van der Waals surface area (Å²) in [6.07, 6.45) is 0.592. The molecule has 2 amide bonds. The van der Waals surface area contributed by atoms with Gasteiger partial charge in [-0.3, -0.25) is 34.0 Å². The number of esters is 2. The Bertz CT molecular complexity index is 1190. The standard InChI is InChI=1S/C30H46N6O12S2/c1-34-9-11-35(23(27(41)45-2)7-13-49-29(43)31-19-47-17-25(37)38)15-21-5-4-6-22(33-21)16-36(12-10-34)24(28(42)46-3)8-14-50-30(44)32-20-48-18-26(39)40/h4-6,23-24H,7-20H2,1-3H3,(H,31,43)(H,32,44)(H,37,38)(H,39,40). The van der Waals surface area contributed by atoms with Crippen LogP contribution in [0.5, 0.6) is 0 Å². The van der Waals surface area contributed by atoms with Gasteiger partial charge in [0.1, 0.15) is 38.8 Å². The SMILES string of the molecule is COC(=O)C(CCSC(=O)NCOCC(=O)O)N1CCN(C)CCN(C(CCSC(=O)NCOCC(=O)O)C(=O)OC)Cc2cccc(n2)C1. The first-order valence-electron chi connectivity index (χ1n) is 15.6. The zero-order valence-electron chi connectivity index (χ0n) is 28.4. The van der Waals surface area contributed by atoms with Crippen LogP contribution in [0.2, 0.25) is 0 Å². The van der Waals surface area contributed by atoms with Crippen molar-refractivity contribution in [3.05, 3.63) is 29.6 Å². The number of hydrogen-bond donors (Lipinski definition) is 4. The van der Waals surface area contributed by atoms with Crippen molar-refractivity contribution in [3.8, 4) is 0 Å². The number of aliphatic carboxylic acids is 2. The normalized spacial score (nSPS) is 15.8. The summed E-state index contributed by atoms with van der Waals surface area (Å²) in [6.45, 7) is 1.08. The van der Waals surface area contributed by atoms with E-state index < -0.39 is 59.7 Å². The van der Waals surface area contributed by atoms with Crippen molar-refractivity contribution in [3.63, 3.8) is 0 Å². The van der Waals surface area contributed by atoms with Gasteiger partial charge in [-0.2, -0.15) is 0 Å². The van der Waals surface area contributed by atoms with Crippen LogP contribution in [0.4, 0.5) is 9.59 Å². The molecule has 2 unspecified atom stereocenters. The number of likely N-dealkylation sites (N-methyl/N-ethyl adjacent to an activating group) is 1. The number of rotatable bonds is 18. The predicted molar refractivity (Wildman–Crippen MR) is 182 cm³/mol. The maximum absolute atomic E-state index is 13.0. The van der Waals surface area contributed by atoms with Crippen LogP contribution in [0.1, 0.15) is 24.2 Å². The van der Waals surface area contributed by atoms with E-state index in [1.807, 2.05) is 35.0 Å². The first kappa shape index (κ1) is 42.6. The number of pyridine rings is 1. The van der Waals surface area contributed by atoms with Gasteiger partial charge >= 0.3 is 23.9 Å². The van der Waals surface area contributed by atoms with Crippen molar-refractivity contribution in [2.75, 3.05) is 85.6 Å². The van der Waals surface area contributed by atoms with Crippen molar-refractivity contribution in [2.45, 2.75) is 38.0 Å². The monoisotopic (exact) mass is 746 g/mol. The van der Waals surface area contributed by atoms with Gasteiger partial charge in [-0.25, -0.2) is 9.59 Å². The Morgan fingerprint density at radius 2 is 1.18 bits per heavy atom. The van der Waals surface area contributed by atoms with Crippen LogP contribution in [-0.4, -0.2) is 162 Å². The summed E-state index contributed by atoms with van der Waals surface area (Å²) in [5, 5.41) is 21.4. The molecular weight excluding hydrogens is 700 g/mol. The largest absolute Gasteiger partial charge is 0.480 e. The molecule has 20 heteroatoms. The highest BCUT2D eigenvalue weighted by Crippen LogP contribution is 2.19.